The molecule has 2 N–H and O–H groups in total. The number of nitrogens with one attached hydrogen (secondary N) is 1. The number of aliphatic hydroxyl groups is 1. The molecular formula is C10H16BrNOS. The molecule has 0 aliphatic heterocycles. The SMILES string of the molecule is CC(CO)C(C)NCc1ccc(Br)s1. The Bertz CT molecular complexity index is 277. The Kier molecular flexibility index (Phi) is 5.09. The Morgan fingerprint density at radius 2 is 2.21 bits per heavy atom. The molecule has 0 spiro atoms. The third-order valence-electron chi connectivity index (χ3n) is 2.37. The molecule has 1 rings (SSSR count). The van der Waals surface area contributed by atoms with Crippen LogP contribution in [0.5, 0.6) is 0 Å². The van der Waals surface area contributed by atoms with Crippen molar-refractivity contribution in [2.45, 2.75) is 26.4 Å². The number of hydrogen-bond acceptors (Lipinski definition) is 3. The van der Waals surface area contributed by atoms with Crippen LogP contribution in [0.2, 0.25) is 0 Å². The van der Waals surface area contributed by atoms with Gasteiger partial charge in [0.1, 0.15) is 0 Å². The smallest absolute Gasteiger partial charge is 0.0701 e. The van der Waals surface area contributed by atoms with E-state index in [0.717, 1.165) is 10.3 Å². The molecule has 2 nitrogen and oxygen atoms in total. The standard InChI is InChI=1S/C10H16BrNOS/c1-7(6-13)8(2)12-5-9-3-4-10(11)14-9/h3-4,7-8,12-13H,5-6H2,1-2H3. The maximum atomic E-state index is 8.96. The second-order valence-corrected chi connectivity index (χ2v) is 6.08. The van der Waals surface area contributed by atoms with Gasteiger partial charge < -0.3 is 10.4 Å². The van der Waals surface area contributed by atoms with Gasteiger partial charge in [-0.2, -0.15) is 0 Å². The first kappa shape index (κ1) is 12.2. The Morgan fingerprint density at radius 3 is 2.71 bits per heavy atom. The summed E-state index contributed by atoms with van der Waals surface area (Å²) in [4.78, 5) is 1.31. The molecule has 1 heterocycles. The molecule has 0 bridgehead atoms. The molecule has 80 valence electrons. The van der Waals surface area contributed by atoms with Gasteiger partial charge in [-0.05, 0) is 40.9 Å². The first-order valence-electron chi connectivity index (χ1n) is 4.72. The fourth-order valence-corrected chi connectivity index (χ4v) is 2.50. The van der Waals surface area contributed by atoms with Crippen molar-refractivity contribution in [1.29, 1.82) is 0 Å². The normalized spacial score (nSPS) is 15.4. The second kappa shape index (κ2) is 5.85. The molecule has 0 saturated heterocycles. The van der Waals surface area contributed by atoms with Crippen LogP contribution in [0.25, 0.3) is 0 Å². The van der Waals surface area contributed by atoms with Gasteiger partial charge in [0.05, 0.1) is 3.79 Å². The lowest BCUT2D eigenvalue weighted by atomic mass is 10.1. The highest BCUT2D eigenvalue weighted by Gasteiger charge is 2.10. The Balaban J connectivity index is 2.33. The molecule has 0 fully saturated rings. The summed E-state index contributed by atoms with van der Waals surface area (Å²) in [5, 5.41) is 12.4. The van der Waals surface area contributed by atoms with Crippen LogP contribution in [0.4, 0.5) is 0 Å². The summed E-state index contributed by atoms with van der Waals surface area (Å²) in [7, 11) is 0. The van der Waals surface area contributed by atoms with Crippen LogP contribution >= 0.6 is 27.3 Å². The highest BCUT2D eigenvalue weighted by Crippen LogP contribution is 2.21. The van der Waals surface area contributed by atoms with Gasteiger partial charge in [0, 0.05) is 24.1 Å². The van der Waals surface area contributed by atoms with E-state index >= 15 is 0 Å². The number of aliphatic hydroxyl groups excluding tert-OH is 1. The van der Waals surface area contributed by atoms with E-state index in [0.29, 0.717) is 12.0 Å². The highest BCUT2D eigenvalue weighted by atomic mass is 79.9. The molecule has 1 aromatic heterocycles. The maximum absolute atomic E-state index is 8.96. The van der Waals surface area contributed by atoms with E-state index in [2.05, 4.69) is 40.3 Å². The number of thiophene rings is 1. The average molecular weight is 278 g/mol. The van der Waals surface area contributed by atoms with Gasteiger partial charge in [0.2, 0.25) is 0 Å². The average Bonchev–Trinajstić information content (AvgIpc) is 2.59. The fourth-order valence-electron chi connectivity index (χ4n) is 1.07. The minimum absolute atomic E-state index is 0.238. The van der Waals surface area contributed by atoms with Gasteiger partial charge in [-0.1, -0.05) is 6.92 Å². The number of hydrogen-bond donors (Lipinski definition) is 2. The van der Waals surface area contributed by atoms with Crippen LogP contribution in [0.15, 0.2) is 15.9 Å². The zero-order chi connectivity index (χ0) is 10.6. The molecule has 0 aliphatic rings. The molecule has 2 unspecified atom stereocenters. The van der Waals surface area contributed by atoms with Crippen molar-refractivity contribution in [1.82, 2.24) is 5.32 Å². The van der Waals surface area contributed by atoms with E-state index in [1.165, 1.54) is 4.88 Å². The highest BCUT2D eigenvalue weighted by molar-refractivity contribution is 9.11. The van der Waals surface area contributed by atoms with Crippen molar-refractivity contribution < 1.29 is 5.11 Å². The molecule has 0 radical (unpaired) electrons. The van der Waals surface area contributed by atoms with Gasteiger partial charge in [0.25, 0.3) is 0 Å². The van der Waals surface area contributed by atoms with Crippen molar-refractivity contribution >= 4 is 27.3 Å². The van der Waals surface area contributed by atoms with Gasteiger partial charge in [0.15, 0.2) is 0 Å². The van der Waals surface area contributed by atoms with Crippen LogP contribution < -0.4 is 5.32 Å². The summed E-state index contributed by atoms with van der Waals surface area (Å²) in [6.45, 7) is 5.26. The topological polar surface area (TPSA) is 32.3 Å². The van der Waals surface area contributed by atoms with E-state index < -0.39 is 0 Å². The van der Waals surface area contributed by atoms with Gasteiger partial charge >= 0.3 is 0 Å². The molecule has 0 aliphatic carbocycles. The van der Waals surface area contributed by atoms with E-state index in [1.807, 2.05) is 6.92 Å². The van der Waals surface area contributed by atoms with Crippen LogP contribution in [-0.2, 0) is 6.54 Å². The lowest BCUT2D eigenvalue weighted by molar-refractivity contribution is 0.207. The summed E-state index contributed by atoms with van der Waals surface area (Å²) in [5.74, 6) is 0.304. The van der Waals surface area contributed by atoms with Crippen LogP contribution in [0.1, 0.15) is 18.7 Å². The molecule has 14 heavy (non-hydrogen) atoms. The van der Waals surface area contributed by atoms with Gasteiger partial charge in [-0.25, -0.2) is 0 Å². The number of rotatable bonds is 5. The summed E-state index contributed by atoms with van der Waals surface area (Å²) in [6, 6.07) is 4.51. The molecule has 1 aromatic rings. The minimum Gasteiger partial charge on any atom is -0.396 e. The van der Waals surface area contributed by atoms with Crippen LogP contribution in [-0.4, -0.2) is 17.8 Å². The first-order chi connectivity index (χ1) is 6.63. The predicted molar refractivity (Wildman–Crippen MR) is 64.6 cm³/mol. The Morgan fingerprint density at radius 1 is 1.50 bits per heavy atom. The van der Waals surface area contributed by atoms with Crippen molar-refractivity contribution in [3.05, 3.63) is 20.8 Å². The summed E-state index contributed by atoms with van der Waals surface area (Å²) in [6.07, 6.45) is 0. The lowest BCUT2D eigenvalue weighted by Gasteiger charge is -2.18. The van der Waals surface area contributed by atoms with E-state index in [-0.39, 0.29) is 6.61 Å². The Hall–Kier alpha value is 0.1000. The van der Waals surface area contributed by atoms with Crippen molar-refractivity contribution in [2.75, 3.05) is 6.61 Å². The van der Waals surface area contributed by atoms with Crippen molar-refractivity contribution in [3.8, 4) is 0 Å². The zero-order valence-corrected chi connectivity index (χ0v) is 10.9. The molecule has 4 heteroatoms. The van der Waals surface area contributed by atoms with Crippen molar-refractivity contribution in [3.63, 3.8) is 0 Å². The maximum Gasteiger partial charge on any atom is 0.0701 e. The van der Waals surface area contributed by atoms with Crippen LogP contribution in [0.3, 0.4) is 0 Å². The quantitative estimate of drug-likeness (QED) is 0.867. The molecule has 0 amide bonds. The first-order valence-corrected chi connectivity index (χ1v) is 6.33. The monoisotopic (exact) mass is 277 g/mol. The lowest BCUT2D eigenvalue weighted by Crippen LogP contribution is -2.33. The molecule has 0 saturated carbocycles. The van der Waals surface area contributed by atoms with E-state index in [9.17, 15) is 0 Å². The zero-order valence-electron chi connectivity index (χ0n) is 8.46. The van der Waals surface area contributed by atoms with Crippen molar-refractivity contribution in [2.24, 2.45) is 5.92 Å². The second-order valence-electron chi connectivity index (χ2n) is 3.54. The summed E-state index contributed by atoms with van der Waals surface area (Å²) < 4.78 is 1.16. The van der Waals surface area contributed by atoms with Gasteiger partial charge in [-0.15, -0.1) is 11.3 Å². The summed E-state index contributed by atoms with van der Waals surface area (Å²) >= 11 is 5.17. The van der Waals surface area contributed by atoms with Crippen LogP contribution in [0, 0.1) is 5.92 Å². The predicted octanol–water partition coefficient (Wildman–Crippen LogP) is 2.62. The Labute approximate surface area is 97.5 Å². The van der Waals surface area contributed by atoms with Gasteiger partial charge in [-0.3, -0.25) is 0 Å². The molecule has 0 aromatic carbocycles. The van der Waals surface area contributed by atoms with E-state index in [4.69, 9.17) is 5.11 Å². The largest absolute Gasteiger partial charge is 0.396 e. The molecular weight excluding hydrogens is 262 g/mol. The number of halogens is 1. The fraction of sp³-hybridized carbons (Fsp3) is 0.600. The summed E-state index contributed by atoms with van der Waals surface area (Å²) in [5.41, 5.74) is 0. The molecule has 2 atom stereocenters. The third kappa shape index (κ3) is 3.69. The third-order valence-corrected chi connectivity index (χ3v) is 3.99. The van der Waals surface area contributed by atoms with E-state index in [1.54, 1.807) is 11.3 Å². The minimum atomic E-state index is 0.238.